The summed E-state index contributed by atoms with van der Waals surface area (Å²) >= 11 is 0. The van der Waals surface area contributed by atoms with Crippen molar-refractivity contribution in [1.82, 2.24) is 20.9 Å². The van der Waals surface area contributed by atoms with E-state index in [-0.39, 0.29) is 36.2 Å². The number of hydrogen-bond acceptors (Lipinski definition) is 5. The Kier molecular flexibility index (Phi) is 13.4. The molecule has 1 saturated heterocycles. The topological polar surface area (TPSA) is 140 Å². The highest BCUT2D eigenvalue weighted by atomic mass is 35.5. The van der Waals surface area contributed by atoms with Crippen molar-refractivity contribution in [3.8, 4) is 0 Å². The summed E-state index contributed by atoms with van der Waals surface area (Å²) in [6.07, 6.45) is 9.88. The summed E-state index contributed by atoms with van der Waals surface area (Å²) in [6.45, 7) is 1.81. The van der Waals surface area contributed by atoms with Crippen LogP contribution < -0.4 is 21.7 Å². The van der Waals surface area contributed by atoms with Crippen LogP contribution in [0.15, 0.2) is 30.3 Å². The minimum atomic E-state index is -0.631. The number of aldehydes is 1. The number of nitrogens with one attached hydrogen (secondary N) is 4. The maximum atomic E-state index is 13.7. The number of nitrogens with two attached hydrogens (primary N) is 1. The van der Waals surface area contributed by atoms with Crippen LogP contribution in [0.3, 0.4) is 0 Å². The van der Waals surface area contributed by atoms with Gasteiger partial charge in [0.05, 0.1) is 12.1 Å². The van der Waals surface area contributed by atoms with Gasteiger partial charge in [-0.1, -0.05) is 49.6 Å². The number of carbonyl (C=O) groups excluding carboxylic acids is 3. The molecule has 1 heterocycles. The first-order valence-corrected chi connectivity index (χ1v) is 13.4. The first kappa shape index (κ1) is 30.6. The second-order valence-corrected chi connectivity index (χ2v) is 10.1. The summed E-state index contributed by atoms with van der Waals surface area (Å²) in [5.41, 5.74) is 6.37. The molecule has 2 aliphatic rings. The van der Waals surface area contributed by atoms with Gasteiger partial charge >= 0.3 is 0 Å². The van der Waals surface area contributed by atoms with E-state index < -0.39 is 12.1 Å². The SMILES string of the molecule is Cl.N=C(N)NCCC[C@@H](C=O)NC(=O)[C@@H]1CCCN1C(=O)[C@@H](Cc1ccccc1)NCC1CCCCC1. The van der Waals surface area contributed by atoms with Crippen molar-refractivity contribution in [2.24, 2.45) is 11.7 Å². The minimum Gasteiger partial charge on any atom is -0.370 e. The lowest BCUT2D eigenvalue weighted by Crippen LogP contribution is -2.55. The van der Waals surface area contributed by atoms with Crippen molar-refractivity contribution in [2.45, 2.75) is 82.3 Å². The molecule has 3 rings (SSSR count). The number of rotatable bonds is 13. The lowest BCUT2D eigenvalue weighted by atomic mass is 9.89. The average Bonchev–Trinajstić information content (AvgIpc) is 3.39. The third-order valence-electron chi connectivity index (χ3n) is 7.30. The summed E-state index contributed by atoms with van der Waals surface area (Å²) < 4.78 is 0. The van der Waals surface area contributed by atoms with Crippen LogP contribution in [0.25, 0.3) is 0 Å². The van der Waals surface area contributed by atoms with Crippen LogP contribution in [0.2, 0.25) is 0 Å². The number of likely N-dealkylation sites (tertiary alicyclic amines) is 1. The third-order valence-corrected chi connectivity index (χ3v) is 7.30. The van der Waals surface area contributed by atoms with Crippen molar-refractivity contribution in [2.75, 3.05) is 19.6 Å². The van der Waals surface area contributed by atoms with E-state index >= 15 is 0 Å². The van der Waals surface area contributed by atoms with Crippen LogP contribution in [0.4, 0.5) is 0 Å². The average molecular weight is 535 g/mol. The Morgan fingerprint density at radius 1 is 1.11 bits per heavy atom. The predicted molar refractivity (Wildman–Crippen MR) is 148 cm³/mol. The molecular weight excluding hydrogens is 492 g/mol. The number of guanidine groups is 1. The largest absolute Gasteiger partial charge is 0.370 e. The van der Waals surface area contributed by atoms with Gasteiger partial charge in [-0.25, -0.2) is 0 Å². The van der Waals surface area contributed by atoms with E-state index in [0.29, 0.717) is 44.7 Å². The van der Waals surface area contributed by atoms with Crippen LogP contribution >= 0.6 is 12.4 Å². The molecule has 3 atom stereocenters. The summed E-state index contributed by atoms with van der Waals surface area (Å²) in [4.78, 5) is 40.1. The van der Waals surface area contributed by atoms with E-state index in [4.69, 9.17) is 11.1 Å². The smallest absolute Gasteiger partial charge is 0.243 e. The molecule has 10 heteroatoms. The van der Waals surface area contributed by atoms with Crippen molar-refractivity contribution in [3.63, 3.8) is 0 Å². The van der Waals surface area contributed by atoms with Gasteiger partial charge in [-0.3, -0.25) is 15.0 Å². The number of carbonyl (C=O) groups is 3. The first-order valence-electron chi connectivity index (χ1n) is 13.4. The van der Waals surface area contributed by atoms with Gasteiger partial charge in [0.1, 0.15) is 12.3 Å². The fourth-order valence-corrected chi connectivity index (χ4v) is 5.30. The lowest BCUT2D eigenvalue weighted by Gasteiger charge is -2.31. The minimum absolute atomic E-state index is 0. The van der Waals surface area contributed by atoms with Gasteiger partial charge in [-0.2, -0.15) is 0 Å². The first-order chi connectivity index (χ1) is 17.5. The zero-order valence-electron chi connectivity index (χ0n) is 21.6. The van der Waals surface area contributed by atoms with Crippen LogP contribution in [-0.4, -0.2) is 66.7 Å². The number of halogens is 1. The third kappa shape index (κ3) is 9.97. The fraction of sp³-hybridized carbons (Fsp3) is 0.630. The molecule has 2 fully saturated rings. The van der Waals surface area contributed by atoms with E-state index in [2.05, 4.69) is 16.0 Å². The lowest BCUT2D eigenvalue weighted by molar-refractivity contribution is -0.140. The molecule has 9 nitrogen and oxygen atoms in total. The predicted octanol–water partition coefficient (Wildman–Crippen LogP) is 2.13. The van der Waals surface area contributed by atoms with E-state index in [9.17, 15) is 14.4 Å². The van der Waals surface area contributed by atoms with Crippen molar-refractivity contribution in [1.29, 1.82) is 5.41 Å². The highest BCUT2D eigenvalue weighted by Crippen LogP contribution is 2.24. The van der Waals surface area contributed by atoms with Gasteiger partial charge < -0.3 is 31.4 Å². The van der Waals surface area contributed by atoms with E-state index in [1.54, 1.807) is 4.90 Å². The van der Waals surface area contributed by atoms with Gasteiger partial charge in [0.25, 0.3) is 0 Å². The Balaban J connectivity index is 0.00000481. The number of amides is 2. The molecule has 0 aromatic heterocycles. The normalized spacial score (nSPS) is 19.4. The zero-order valence-corrected chi connectivity index (χ0v) is 22.4. The van der Waals surface area contributed by atoms with Gasteiger partial charge in [0, 0.05) is 13.1 Å². The zero-order chi connectivity index (χ0) is 25.8. The van der Waals surface area contributed by atoms with Crippen LogP contribution in [0.1, 0.15) is 63.4 Å². The molecule has 6 N–H and O–H groups in total. The molecule has 0 spiro atoms. The Morgan fingerprint density at radius 3 is 2.51 bits per heavy atom. The van der Waals surface area contributed by atoms with Crippen molar-refractivity contribution >= 4 is 36.5 Å². The standard InChI is InChI=1S/C27H42N6O3.ClH/c28-27(29)30-15-7-13-22(19-34)32-25(35)24-14-8-16-33(24)26(36)23(17-20-9-3-1-4-10-20)31-18-21-11-5-2-6-12-21;/h1,3-4,9-10,19,21-24,31H,2,5-8,11-18H2,(H,32,35)(H4,28,29,30);1H/t22-,23+,24-;/m0./s1. The summed E-state index contributed by atoms with van der Waals surface area (Å²) in [5.74, 6) is 0.154. The van der Waals surface area contributed by atoms with Crippen LogP contribution in [-0.2, 0) is 20.8 Å². The highest BCUT2D eigenvalue weighted by Gasteiger charge is 2.37. The summed E-state index contributed by atoms with van der Waals surface area (Å²) in [7, 11) is 0. The Hall–Kier alpha value is -2.65. The second kappa shape index (κ2) is 16.2. The fourth-order valence-electron chi connectivity index (χ4n) is 5.30. The van der Waals surface area contributed by atoms with E-state index in [1.165, 1.54) is 32.1 Å². The molecule has 1 aromatic rings. The Morgan fingerprint density at radius 2 is 1.84 bits per heavy atom. The molecule has 0 radical (unpaired) electrons. The van der Waals surface area contributed by atoms with Gasteiger partial charge in [-0.15, -0.1) is 12.4 Å². The summed E-state index contributed by atoms with van der Waals surface area (Å²) in [6, 6.07) is 8.42. The Bertz CT molecular complexity index is 865. The molecule has 1 aromatic carbocycles. The molecule has 37 heavy (non-hydrogen) atoms. The number of benzene rings is 1. The van der Waals surface area contributed by atoms with Crippen molar-refractivity contribution < 1.29 is 14.4 Å². The summed E-state index contributed by atoms with van der Waals surface area (Å²) in [5, 5.41) is 16.3. The van der Waals surface area contributed by atoms with Gasteiger partial charge in [0.2, 0.25) is 11.8 Å². The Labute approximate surface area is 226 Å². The van der Waals surface area contributed by atoms with E-state index in [1.807, 2.05) is 30.3 Å². The molecule has 1 saturated carbocycles. The van der Waals surface area contributed by atoms with Gasteiger partial charge in [-0.05, 0) is 63.0 Å². The molecular formula is C27H43ClN6O3. The number of hydrogen-bond donors (Lipinski definition) is 5. The highest BCUT2D eigenvalue weighted by molar-refractivity contribution is 5.91. The molecule has 0 bridgehead atoms. The molecule has 0 unspecified atom stereocenters. The maximum Gasteiger partial charge on any atom is 0.243 e. The molecule has 2 amide bonds. The second-order valence-electron chi connectivity index (χ2n) is 10.1. The molecule has 206 valence electrons. The maximum absolute atomic E-state index is 13.7. The monoisotopic (exact) mass is 534 g/mol. The number of nitrogens with zero attached hydrogens (tertiary/aromatic N) is 1. The van der Waals surface area contributed by atoms with Crippen molar-refractivity contribution in [3.05, 3.63) is 35.9 Å². The van der Waals surface area contributed by atoms with Gasteiger partial charge in [0.15, 0.2) is 5.96 Å². The van der Waals surface area contributed by atoms with E-state index in [0.717, 1.165) is 24.8 Å². The van der Waals surface area contributed by atoms with Crippen LogP contribution in [0, 0.1) is 11.3 Å². The van der Waals surface area contributed by atoms with Crippen LogP contribution in [0.5, 0.6) is 0 Å². The molecule has 1 aliphatic heterocycles. The molecule has 1 aliphatic carbocycles. The quantitative estimate of drug-likeness (QED) is 0.114.